The maximum Gasteiger partial charge on any atom is 0.258 e. The normalized spacial score (nSPS) is 18.7. The molecular weight excluding hydrogens is 520 g/mol. The molecule has 0 saturated carbocycles. The van der Waals surface area contributed by atoms with Crippen molar-refractivity contribution in [2.45, 2.75) is 38.5 Å². The number of nitrogens with zero attached hydrogens (tertiary/aromatic N) is 3. The van der Waals surface area contributed by atoms with Gasteiger partial charge < -0.3 is 10.0 Å². The summed E-state index contributed by atoms with van der Waals surface area (Å²) in [5, 5.41) is 10.4. The van der Waals surface area contributed by atoms with Crippen molar-refractivity contribution in [3.05, 3.63) is 131 Å². The largest absolute Gasteiger partial charge is 0.508 e. The standard InChI is InChI=1S/C34H35F2N3O2/c1-23-21-39(24(2)20-38(23)22-25-13-15-29(35)16-14-25)33(27-8-5-12-32(40)18-27)26-7-4-9-28(17-26)34(41)37(3)31-11-6-10-30(36)19-31/h4-19,23-24,33,40H,20-22H2,1-3H3/t23-,24+,33-/m1/s1. The van der Waals surface area contributed by atoms with E-state index in [0.717, 1.165) is 36.3 Å². The molecule has 7 heteroatoms. The fourth-order valence-corrected chi connectivity index (χ4v) is 5.74. The average molecular weight is 556 g/mol. The second kappa shape index (κ2) is 12.2. The zero-order valence-electron chi connectivity index (χ0n) is 23.5. The van der Waals surface area contributed by atoms with E-state index in [1.54, 1.807) is 37.4 Å². The number of carbonyl (C=O) groups excluding carboxylic acids is 1. The number of benzene rings is 4. The molecule has 0 aromatic heterocycles. The zero-order chi connectivity index (χ0) is 29.1. The summed E-state index contributed by atoms with van der Waals surface area (Å²) in [6, 6.07) is 27.6. The molecule has 212 valence electrons. The minimum atomic E-state index is -0.401. The van der Waals surface area contributed by atoms with Gasteiger partial charge in [0.15, 0.2) is 0 Å². The van der Waals surface area contributed by atoms with Crippen LogP contribution in [-0.2, 0) is 6.54 Å². The molecule has 41 heavy (non-hydrogen) atoms. The van der Waals surface area contributed by atoms with Gasteiger partial charge in [0.1, 0.15) is 17.4 Å². The number of carbonyl (C=O) groups is 1. The van der Waals surface area contributed by atoms with Crippen LogP contribution in [0.15, 0.2) is 97.1 Å². The molecule has 0 spiro atoms. The molecule has 0 aliphatic carbocycles. The van der Waals surface area contributed by atoms with E-state index >= 15 is 0 Å². The highest BCUT2D eigenvalue weighted by molar-refractivity contribution is 6.05. The Morgan fingerprint density at radius 3 is 2.24 bits per heavy atom. The van der Waals surface area contributed by atoms with Crippen LogP contribution in [0.25, 0.3) is 0 Å². The van der Waals surface area contributed by atoms with Crippen molar-refractivity contribution in [2.75, 3.05) is 25.0 Å². The van der Waals surface area contributed by atoms with Gasteiger partial charge >= 0.3 is 0 Å². The van der Waals surface area contributed by atoms with Crippen LogP contribution in [0.5, 0.6) is 5.75 Å². The molecule has 0 unspecified atom stereocenters. The van der Waals surface area contributed by atoms with Crippen molar-refractivity contribution in [2.24, 2.45) is 0 Å². The Labute approximate surface area is 240 Å². The van der Waals surface area contributed by atoms with Gasteiger partial charge in [-0.05, 0) is 85.1 Å². The first-order valence-corrected chi connectivity index (χ1v) is 13.9. The molecular formula is C34H35F2N3O2. The Kier molecular flexibility index (Phi) is 8.47. The van der Waals surface area contributed by atoms with E-state index in [4.69, 9.17) is 0 Å². The van der Waals surface area contributed by atoms with E-state index in [9.17, 15) is 18.7 Å². The first-order chi connectivity index (χ1) is 19.7. The second-order valence-corrected chi connectivity index (χ2v) is 10.9. The van der Waals surface area contributed by atoms with E-state index in [2.05, 4.69) is 23.6 Å². The molecule has 1 amide bonds. The van der Waals surface area contributed by atoms with Gasteiger partial charge in [-0.1, -0.05) is 42.5 Å². The zero-order valence-corrected chi connectivity index (χ0v) is 23.5. The van der Waals surface area contributed by atoms with Crippen LogP contribution in [0.2, 0.25) is 0 Å². The Balaban J connectivity index is 1.45. The smallest absolute Gasteiger partial charge is 0.258 e. The number of halogens is 2. The molecule has 0 bridgehead atoms. The molecule has 1 aliphatic heterocycles. The summed E-state index contributed by atoms with van der Waals surface area (Å²) in [6.07, 6.45) is 0. The lowest BCUT2D eigenvalue weighted by molar-refractivity contribution is 0.0195. The third-order valence-corrected chi connectivity index (χ3v) is 7.93. The summed E-state index contributed by atoms with van der Waals surface area (Å²) in [6.45, 7) is 6.66. The fourth-order valence-electron chi connectivity index (χ4n) is 5.74. The number of anilines is 1. The first kappa shape index (κ1) is 28.5. The summed E-state index contributed by atoms with van der Waals surface area (Å²) >= 11 is 0. The monoisotopic (exact) mass is 555 g/mol. The van der Waals surface area contributed by atoms with E-state index in [-0.39, 0.29) is 35.6 Å². The van der Waals surface area contributed by atoms with E-state index in [1.165, 1.54) is 29.2 Å². The number of amides is 1. The molecule has 1 aliphatic rings. The average Bonchev–Trinajstić information content (AvgIpc) is 2.96. The number of piperazine rings is 1. The van der Waals surface area contributed by atoms with Gasteiger partial charge in [-0.15, -0.1) is 0 Å². The highest BCUT2D eigenvalue weighted by Crippen LogP contribution is 2.35. The maximum absolute atomic E-state index is 13.8. The highest BCUT2D eigenvalue weighted by atomic mass is 19.1. The number of aromatic hydroxyl groups is 1. The Bertz CT molecular complexity index is 1510. The van der Waals surface area contributed by atoms with Crippen molar-refractivity contribution in [1.82, 2.24) is 9.80 Å². The Morgan fingerprint density at radius 1 is 0.854 bits per heavy atom. The van der Waals surface area contributed by atoms with E-state index in [1.807, 2.05) is 42.5 Å². The molecule has 5 rings (SSSR count). The van der Waals surface area contributed by atoms with Crippen molar-refractivity contribution in [3.8, 4) is 5.75 Å². The van der Waals surface area contributed by atoms with Crippen LogP contribution in [-0.4, -0.2) is 53.0 Å². The van der Waals surface area contributed by atoms with E-state index < -0.39 is 5.82 Å². The minimum absolute atomic E-state index is 0.147. The number of phenols is 1. The van der Waals surface area contributed by atoms with Crippen LogP contribution < -0.4 is 4.90 Å². The van der Waals surface area contributed by atoms with Crippen molar-refractivity contribution >= 4 is 11.6 Å². The lowest BCUT2D eigenvalue weighted by Crippen LogP contribution is -2.56. The highest BCUT2D eigenvalue weighted by Gasteiger charge is 2.35. The number of rotatable bonds is 7. The van der Waals surface area contributed by atoms with Gasteiger partial charge in [-0.2, -0.15) is 0 Å². The molecule has 5 nitrogen and oxygen atoms in total. The van der Waals surface area contributed by atoms with Crippen LogP contribution in [0.1, 0.15) is 46.9 Å². The predicted molar refractivity (Wildman–Crippen MR) is 158 cm³/mol. The summed E-state index contributed by atoms with van der Waals surface area (Å²) < 4.78 is 27.3. The Morgan fingerprint density at radius 2 is 1.54 bits per heavy atom. The van der Waals surface area contributed by atoms with Crippen molar-refractivity contribution < 1.29 is 18.7 Å². The first-order valence-electron chi connectivity index (χ1n) is 13.9. The molecule has 4 aromatic rings. The van der Waals surface area contributed by atoms with E-state index in [0.29, 0.717) is 11.3 Å². The minimum Gasteiger partial charge on any atom is -0.508 e. The SMILES string of the molecule is C[C@@H]1CN([C@@H](c2cccc(O)c2)c2cccc(C(=O)N(C)c3cccc(F)c3)c2)[C@@H](C)CN1Cc1ccc(F)cc1. The summed E-state index contributed by atoms with van der Waals surface area (Å²) in [7, 11) is 1.64. The van der Waals surface area contributed by atoms with Crippen LogP contribution in [0, 0.1) is 11.6 Å². The van der Waals surface area contributed by atoms with Gasteiger partial charge in [0, 0.05) is 50.0 Å². The second-order valence-electron chi connectivity index (χ2n) is 10.9. The van der Waals surface area contributed by atoms with Crippen LogP contribution in [0.3, 0.4) is 0 Å². The predicted octanol–water partition coefficient (Wildman–Crippen LogP) is 6.63. The third-order valence-electron chi connectivity index (χ3n) is 7.93. The van der Waals surface area contributed by atoms with Crippen molar-refractivity contribution in [3.63, 3.8) is 0 Å². The molecule has 1 fully saturated rings. The topological polar surface area (TPSA) is 47.0 Å². The number of phenolic OH excluding ortho intramolecular Hbond substituents is 1. The van der Waals surface area contributed by atoms with Crippen LogP contribution in [0.4, 0.5) is 14.5 Å². The third kappa shape index (κ3) is 6.47. The molecule has 1 N–H and O–H groups in total. The van der Waals surface area contributed by atoms with Crippen LogP contribution >= 0.6 is 0 Å². The fraction of sp³-hybridized carbons (Fsp3) is 0.265. The quantitative estimate of drug-likeness (QED) is 0.278. The summed E-state index contributed by atoms with van der Waals surface area (Å²) in [5.41, 5.74) is 3.90. The maximum atomic E-state index is 13.8. The van der Waals surface area contributed by atoms with Crippen molar-refractivity contribution in [1.29, 1.82) is 0 Å². The van der Waals surface area contributed by atoms with Gasteiger partial charge in [0.2, 0.25) is 0 Å². The van der Waals surface area contributed by atoms with Gasteiger partial charge in [-0.3, -0.25) is 14.6 Å². The lowest BCUT2D eigenvalue weighted by atomic mass is 9.92. The van der Waals surface area contributed by atoms with Gasteiger partial charge in [0.25, 0.3) is 5.91 Å². The lowest BCUT2D eigenvalue weighted by Gasteiger charge is -2.47. The molecule has 4 aromatic carbocycles. The summed E-state index contributed by atoms with van der Waals surface area (Å²) in [5.74, 6) is -0.697. The molecule has 3 atom stereocenters. The number of hydrogen-bond donors (Lipinski definition) is 1. The van der Waals surface area contributed by atoms with Gasteiger partial charge in [-0.25, -0.2) is 8.78 Å². The Hall–Kier alpha value is -4.07. The molecule has 0 radical (unpaired) electrons. The van der Waals surface area contributed by atoms with Gasteiger partial charge in [0.05, 0.1) is 6.04 Å². The molecule has 1 saturated heterocycles. The molecule has 1 heterocycles. The number of hydrogen-bond acceptors (Lipinski definition) is 4. The summed E-state index contributed by atoms with van der Waals surface area (Å²) in [4.78, 5) is 19.7.